The van der Waals surface area contributed by atoms with Crippen molar-refractivity contribution in [2.24, 2.45) is 0 Å². The third-order valence-corrected chi connectivity index (χ3v) is 4.75. The Morgan fingerprint density at radius 3 is 2.71 bits per heavy atom. The number of ether oxygens (including phenoxy) is 2. The van der Waals surface area contributed by atoms with E-state index in [1.165, 1.54) is 0 Å². The molecular weight excluding hydrogens is 370 g/mol. The van der Waals surface area contributed by atoms with Gasteiger partial charge in [-0.1, -0.05) is 12.1 Å². The van der Waals surface area contributed by atoms with E-state index < -0.39 is 0 Å². The van der Waals surface area contributed by atoms with Crippen molar-refractivity contribution in [3.8, 4) is 17.3 Å². The maximum atomic E-state index is 5.69. The minimum atomic E-state index is 0.563. The molecule has 1 aliphatic rings. The van der Waals surface area contributed by atoms with Crippen LogP contribution in [0.25, 0.3) is 27.8 Å². The number of imidazole rings is 1. The van der Waals surface area contributed by atoms with Gasteiger partial charge in [0.25, 0.3) is 0 Å². The summed E-state index contributed by atoms with van der Waals surface area (Å²) in [5.41, 5.74) is 2.72. The molecule has 0 saturated carbocycles. The lowest BCUT2D eigenvalue weighted by molar-refractivity contribution is 0.172. The maximum Gasteiger partial charge on any atom is 0.163 e. The summed E-state index contributed by atoms with van der Waals surface area (Å²) < 4.78 is 14.2. The molecule has 0 fully saturated rings. The Morgan fingerprint density at radius 2 is 1.83 bits per heavy atom. The quantitative estimate of drug-likeness (QED) is 0.497. The lowest BCUT2D eigenvalue weighted by Crippen LogP contribution is -2.15. The molecule has 4 aromatic rings. The van der Waals surface area contributed by atoms with Crippen LogP contribution in [0.15, 0.2) is 53.3 Å². The summed E-state index contributed by atoms with van der Waals surface area (Å²) in [6, 6.07) is 14.0. The number of para-hydroxylation sites is 1. The van der Waals surface area contributed by atoms with Crippen LogP contribution >= 0.6 is 15.9 Å². The van der Waals surface area contributed by atoms with Gasteiger partial charge in [-0.2, -0.15) is 0 Å². The number of halogens is 1. The zero-order chi connectivity index (χ0) is 16.1. The fourth-order valence-electron chi connectivity index (χ4n) is 2.96. The Labute approximate surface area is 146 Å². The molecule has 0 unspecified atom stereocenters. The monoisotopic (exact) mass is 381 g/mol. The zero-order valence-corrected chi connectivity index (χ0v) is 14.2. The Morgan fingerprint density at radius 1 is 1.00 bits per heavy atom. The second-order valence-corrected chi connectivity index (χ2v) is 6.43. The first-order chi connectivity index (χ1) is 11.8. The van der Waals surface area contributed by atoms with Gasteiger partial charge >= 0.3 is 0 Å². The fraction of sp³-hybridized carbons (Fsp3) is 0.111. The van der Waals surface area contributed by atoms with Crippen LogP contribution in [0.5, 0.6) is 11.5 Å². The number of nitrogens with zero attached hydrogens (tertiary/aromatic N) is 3. The van der Waals surface area contributed by atoms with Crippen molar-refractivity contribution in [2.75, 3.05) is 13.2 Å². The summed E-state index contributed by atoms with van der Waals surface area (Å²) in [6.45, 7) is 1.13. The number of hydrogen-bond acceptors (Lipinski definition) is 4. The number of pyridine rings is 1. The molecule has 0 amide bonds. The van der Waals surface area contributed by atoms with Crippen LogP contribution in [0.4, 0.5) is 0 Å². The second kappa shape index (κ2) is 5.21. The highest BCUT2D eigenvalue weighted by Crippen LogP contribution is 2.35. The fourth-order valence-corrected chi connectivity index (χ4v) is 3.43. The van der Waals surface area contributed by atoms with E-state index in [1.807, 2.05) is 41.0 Å². The van der Waals surface area contributed by atoms with Gasteiger partial charge < -0.3 is 9.47 Å². The molecule has 2 aromatic heterocycles. The normalized spacial score (nSPS) is 13.5. The highest BCUT2D eigenvalue weighted by Gasteiger charge is 2.16. The third kappa shape index (κ3) is 2.06. The van der Waals surface area contributed by atoms with Gasteiger partial charge in [0.1, 0.15) is 25.4 Å². The van der Waals surface area contributed by atoms with Crippen molar-refractivity contribution in [1.29, 1.82) is 0 Å². The number of benzene rings is 2. The summed E-state index contributed by atoms with van der Waals surface area (Å²) in [5, 5.41) is 1.09. The standard InChI is InChI=1S/C18H12BrN3O2/c19-12-3-1-2-11-4-5-17(21-18(11)12)22-10-20-13-8-15-16(9-14(13)22)24-7-6-23-15/h1-5,8-10H,6-7H2. The van der Waals surface area contributed by atoms with Gasteiger partial charge in [0.05, 0.1) is 16.6 Å². The highest BCUT2D eigenvalue weighted by molar-refractivity contribution is 9.10. The van der Waals surface area contributed by atoms with Gasteiger partial charge in [-0.25, -0.2) is 9.97 Å². The molecule has 2 aromatic carbocycles. The molecule has 1 aliphatic heterocycles. The van der Waals surface area contributed by atoms with E-state index >= 15 is 0 Å². The molecule has 118 valence electrons. The van der Waals surface area contributed by atoms with Crippen molar-refractivity contribution >= 4 is 37.9 Å². The lowest BCUT2D eigenvalue weighted by Gasteiger charge is -2.18. The van der Waals surface area contributed by atoms with E-state index in [1.54, 1.807) is 6.33 Å². The van der Waals surface area contributed by atoms with Crippen LogP contribution in [0.1, 0.15) is 0 Å². The molecule has 0 radical (unpaired) electrons. The van der Waals surface area contributed by atoms with E-state index in [2.05, 4.69) is 27.0 Å². The van der Waals surface area contributed by atoms with E-state index in [4.69, 9.17) is 14.5 Å². The first-order valence-corrected chi connectivity index (χ1v) is 8.41. The summed E-state index contributed by atoms with van der Waals surface area (Å²) in [5.74, 6) is 2.30. The number of fused-ring (bicyclic) bond motifs is 3. The summed E-state index contributed by atoms with van der Waals surface area (Å²) in [6.07, 6.45) is 1.78. The number of rotatable bonds is 1. The van der Waals surface area contributed by atoms with Gasteiger partial charge in [-0.15, -0.1) is 0 Å². The highest BCUT2D eigenvalue weighted by atomic mass is 79.9. The Balaban J connectivity index is 1.73. The Bertz CT molecular complexity index is 1090. The van der Waals surface area contributed by atoms with Crippen LogP contribution in [0, 0.1) is 0 Å². The predicted octanol–water partition coefficient (Wildman–Crippen LogP) is 4.11. The topological polar surface area (TPSA) is 49.2 Å². The van der Waals surface area contributed by atoms with E-state index in [0.29, 0.717) is 13.2 Å². The molecular formula is C18H12BrN3O2. The molecule has 0 saturated heterocycles. The second-order valence-electron chi connectivity index (χ2n) is 5.58. The molecule has 0 atom stereocenters. The maximum absolute atomic E-state index is 5.69. The summed E-state index contributed by atoms with van der Waals surface area (Å²) in [7, 11) is 0. The average Bonchev–Trinajstić information content (AvgIpc) is 3.02. The predicted molar refractivity (Wildman–Crippen MR) is 95.1 cm³/mol. The molecule has 0 aliphatic carbocycles. The minimum Gasteiger partial charge on any atom is -0.486 e. The van der Waals surface area contributed by atoms with Crippen molar-refractivity contribution < 1.29 is 9.47 Å². The van der Waals surface area contributed by atoms with Crippen molar-refractivity contribution in [1.82, 2.24) is 14.5 Å². The third-order valence-electron chi connectivity index (χ3n) is 4.11. The van der Waals surface area contributed by atoms with Crippen LogP contribution in [-0.2, 0) is 0 Å². The first kappa shape index (κ1) is 13.8. The molecule has 5 rings (SSSR count). The average molecular weight is 382 g/mol. The number of hydrogen-bond donors (Lipinski definition) is 0. The van der Waals surface area contributed by atoms with Crippen LogP contribution < -0.4 is 9.47 Å². The van der Waals surface area contributed by atoms with Crippen LogP contribution in [0.3, 0.4) is 0 Å². The molecule has 0 spiro atoms. The molecule has 5 nitrogen and oxygen atoms in total. The van der Waals surface area contributed by atoms with Gasteiger partial charge in [0.2, 0.25) is 0 Å². The van der Waals surface area contributed by atoms with E-state index in [0.717, 1.165) is 43.7 Å². The first-order valence-electron chi connectivity index (χ1n) is 7.62. The molecule has 6 heteroatoms. The van der Waals surface area contributed by atoms with Crippen molar-refractivity contribution in [3.05, 3.63) is 53.3 Å². The number of aromatic nitrogens is 3. The van der Waals surface area contributed by atoms with Crippen LogP contribution in [-0.4, -0.2) is 27.7 Å². The van der Waals surface area contributed by atoms with E-state index in [9.17, 15) is 0 Å². The Hall–Kier alpha value is -2.60. The van der Waals surface area contributed by atoms with Gasteiger partial charge in [-0.3, -0.25) is 4.57 Å². The molecule has 3 heterocycles. The van der Waals surface area contributed by atoms with Crippen molar-refractivity contribution in [3.63, 3.8) is 0 Å². The van der Waals surface area contributed by atoms with Crippen LogP contribution in [0.2, 0.25) is 0 Å². The smallest absolute Gasteiger partial charge is 0.163 e. The summed E-state index contributed by atoms with van der Waals surface area (Å²) >= 11 is 3.57. The molecule has 24 heavy (non-hydrogen) atoms. The molecule has 0 N–H and O–H groups in total. The van der Waals surface area contributed by atoms with Gasteiger partial charge in [-0.05, 0) is 34.1 Å². The largest absolute Gasteiger partial charge is 0.486 e. The van der Waals surface area contributed by atoms with Gasteiger partial charge in [0, 0.05) is 22.0 Å². The van der Waals surface area contributed by atoms with Gasteiger partial charge in [0.15, 0.2) is 11.5 Å². The SMILES string of the molecule is Brc1cccc2ccc(-n3cnc4cc5c(cc43)OCCO5)nc12. The Kier molecular flexibility index (Phi) is 2.99. The summed E-state index contributed by atoms with van der Waals surface area (Å²) in [4.78, 5) is 9.26. The van der Waals surface area contributed by atoms with E-state index in [-0.39, 0.29) is 0 Å². The lowest BCUT2D eigenvalue weighted by atomic mass is 10.2. The van der Waals surface area contributed by atoms with Crippen molar-refractivity contribution in [2.45, 2.75) is 0 Å². The molecule has 0 bridgehead atoms. The zero-order valence-electron chi connectivity index (χ0n) is 12.6. The minimum absolute atomic E-state index is 0.563.